The molecule has 0 saturated carbocycles. The van der Waals surface area contributed by atoms with Crippen molar-refractivity contribution < 1.29 is 8.78 Å². The highest BCUT2D eigenvalue weighted by atomic mass is 19.1. The first kappa shape index (κ1) is 11.3. The van der Waals surface area contributed by atoms with Crippen molar-refractivity contribution in [3.05, 3.63) is 59.7 Å². The van der Waals surface area contributed by atoms with Gasteiger partial charge in [-0.2, -0.15) is 5.26 Å². The quantitative estimate of drug-likeness (QED) is 0.770. The molecule has 0 aromatic heterocycles. The largest absolute Gasteiger partial charge is 0.207 e. The van der Waals surface area contributed by atoms with E-state index in [9.17, 15) is 8.78 Å². The van der Waals surface area contributed by atoms with Crippen LogP contribution in [0.4, 0.5) is 8.78 Å². The molecule has 0 fully saturated rings. The Bertz CT molecular complexity index is 568. The first-order chi connectivity index (χ1) is 8.20. The molecule has 0 atom stereocenters. The molecule has 0 bridgehead atoms. The van der Waals surface area contributed by atoms with Crippen LogP contribution in [0.15, 0.2) is 42.5 Å². The molecule has 2 aromatic rings. The van der Waals surface area contributed by atoms with Gasteiger partial charge in [-0.15, -0.1) is 0 Å². The van der Waals surface area contributed by atoms with E-state index in [0.29, 0.717) is 11.1 Å². The summed E-state index contributed by atoms with van der Waals surface area (Å²) in [6, 6.07) is 12.1. The van der Waals surface area contributed by atoms with E-state index in [-0.39, 0.29) is 18.1 Å². The van der Waals surface area contributed by atoms with E-state index in [1.807, 2.05) is 6.07 Å². The number of nitrogens with zero attached hydrogens (tertiary/aromatic N) is 1. The Morgan fingerprint density at radius 3 is 2.35 bits per heavy atom. The van der Waals surface area contributed by atoms with Gasteiger partial charge in [-0.05, 0) is 35.4 Å². The number of halogens is 2. The van der Waals surface area contributed by atoms with Crippen LogP contribution in [0.3, 0.4) is 0 Å². The minimum Gasteiger partial charge on any atom is -0.207 e. The summed E-state index contributed by atoms with van der Waals surface area (Å²) in [4.78, 5) is 0. The van der Waals surface area contributed by atoms with Gasteiger partial charge in [0.2, 0.25) is 0 Å². The molecule has 0 aliphatic heterocycles. The fourth-order valence-corrected chi connectivity index (χ4v) is 1.62. The maximum Gasteiger partial charge on any atom is 0.131 e. The van der Waals surface area contributed by atoms with E-state index in [2.05, 4.69) is 0 Å². The molecular weight excluding hydrogens is 220 g/mol. The van der Waals surface area contributed by atoms with Gasteiger partial charge in [0.25, 0.3) is 0 Å². The summed E-state index contributed by atoms with van der Waals surface area (Å²) in [5.41, 5.74) is 1.73. The third-order valence-corrected chi connectivity index (χ3v) is 2.47. The summed E-state index contributed by atoms with van der Waals surface area (Å²) in [6.07, 6.45) is 0.231. The summed E-state index contributed by atoms with van der Waals surface area (Å²) >= 11 is 0. The maximum absolute atomic E-state index is 13.6. The van der Waals surface area contributed by atoms with Gasteiger partial charge >= 0.3 is 0 Å². The van der Waals surface area contributed by atoms with Gasteiger partial charge in [-0.1, -0.05) is 18.2 Å². The van der Waals surface area contributed by atoms with Gasteiger partial charge in [0.1, 0.15) is 11.6 Å². The lowest BCUT2D eigenvalue weighted by molar-refractivity contribution is 0.625. The first-order valence-corrected chi connectivity index (χ1v) is 5.12. The molecule has 0 radical (unpaired) electrons. The Balaban J connectivity index is 2.47. The van der Waals surface area contributed by atoms with Gasteiger partial charge in [-0.3, -0.25) is 0 Å². The lowest BCUT2D eigenvalue weighted by Gasteiger charge is -2.05. The second kappa shape index (κ2) is 4.75. The zero-order valence-corrected chi connectivity index (χ0v) is 8.95. The molecule has 0 aliphatic rings. The van der Waals surface area contributed by atoms with E-state index >= 15 is 0 Å². The minimum absolute atomic E-state index is 0.231. The van der Waals surface area contributed by atoms with Crippen LogP contribution < -0.4 is 0 Å². The van der Waals surface area contributed by atoms with Gasteiger partial charge in [-0.25, -0.2) is 8.78 Å². The highest BCUT2D eigenvalue weighted by molar-refractivity contribution is 5.65. The monoisotopic (exact) mass is 229 g/mol. The Morgan fingerprint density at radius 2 is 1.71 bits per heavy atom. The van der Waals surface area contributed by atoms with Crippen molar-refractivity contribution in [2.24, 2.45) is 0 Å². The molecule has 1 nitrogen and oxygen atoms in total. The molecular formula is C14H9F2N. The molecule has 0 aliphatic carbocycles. The van der Waals surface area contributed by atoms with E-state index in [1.54, 1.807) is 12.1 Å². The van der Waals surface area contributed by atoms with Gasteiger partial charge in [0.15, 0.2) is 0 Å². The van der Waals surface area contributed by atoms with Crippen LogP contribution in [0.2, 0.25) is 0 Å². The standard InChI is InChI=1S/C14H9F2N/c15-12-4-2-11(3-5-12)13-9-10(7-8-17)1-6-14(13)16/h1-6,9H,7H2. The molecule has 2 aromatic carbocycles. The average molecular weight is 229 g/mol. The van der Waals surface area contributed by atoms with Gasteiger partial charge in [0.05, 0.1) is 12.5 Å². The second-order valence-corrected chi connectivity index (χ2v) is 3.66. The third kappa shape index (κ3) is 2.48. The number of hydrogen-bond donors (Lipinski definition) is 0. The van der Waals surface area contributed by atoms with Crippen molar-refractivity contribution >= 4 is 0 Å². The molecule has 0 unspecified atom stereocenters. The molecule has 0 spiro atoms. The van der Waals surface area contributed by atoms with E-state index in [4.69, 9.17) is 5.26 Å². The summed E-state index contributed by atoms with van der Waals surface area (Å²) in [5, 5.41) is 8.59. The van der Waals surface area contributed by atoms with Crippen LogP contribution in [-0.4, -0.2) is 0 Å². The van der Waals surface area contributed by atoms with Crippen LogP contribution >= 0.6 is 0 Å². The predicted octanol–water partition coefficient (Wildman–Crippen LogP) is 3.70. The first-order valence-electron chi connectivity index (χ1n) is 5.12. The summed E-state index contributed by atoms with van der Waals surface area (Å²) in [5.74, 6) is -0.736. The van der Waals surface area contributed by atoms with Crippen LogP contribution in [0.25, 0.3) is 11.1 Å². The zero-order chi connectivity index (χ0) is 12.3. The van der Waals surface area contributed by atoms with Gasteiger partial charge in [0, 0.05) is 5.56 Å². The molecule has 0 saturated heterocycles. The fourth-order valence-electron chi connectivity index (χ4n) is 1.62. The summed E-state index contributed by atoms with van der Waals surface area (Å²) < 4.78 is 26.4. The Kier molecular flexibility index (Phi) is 3.15. The zero-order valence-electron chi connectivity index (χ0n) is 8.95. The SMILES string of the molecule is N#CCc1ccc(F)c(-c2ccc(F)cc2)c1. The summed E-state index contributed by atoms with van der Waals surface area (Å²) in [7, 11) is 0. The average Bonchev–Trinajstić information content (AvgIpc) is 2.33. The normalized spacial score (nSPS) is 9.94. The predicted molar refractivity (Wildman–Crippen MR) is 61.1 cm³/mol. The molecule has 0 amide bonds. The number of benzene rings is 2. The summed E-state index contributed by atoms with van der Waals surface area (Å²) in [6.45, 7) is 0. The van der Waals surface area contributed by atoms with Crippen LogP contribution in [0.1, 0.15) is 5.56 Å². The van der Waals surface area contributed by atoms with Crippen LogP contribution in [0, 0.1) is 23.0 Å². The van der Waals surface area contributed by atoms with E-state index in [1.165, 1.54) is 30.3 Å². The molecule has 0 N–H and O–H groups in total. The Hall–Kier alpha value is -2.21. The number of nitriles is 1. The van der Waals surface area contributed by atoms with Crippen molar-refractivity contribution in [2.75, 3.05) is 0 Å². The fraction of sp³-hybridized carbons (Fsp3) is 0.0714. The topological polar surface area (TPSA) is 23.8 Å². The van der Waals surface area contributed by atoms with Crippen molar-refractivity contribution in [2.45, 2.75) is 6.42 Å². The molecule has 3 heteroatoms. The van der Waals surface area contributed by atoms with E-state index in [0.717, 1.165) is 5.56 Å². The number of hydrogen-bond acceptors (Lipinski definition) is 1. The minimum atomic E-state index is -0.377. The lowest BCUT2D eigenvalue weighted by atomic mass is 10.0. The van der Waals surface area contributed by atoms with E-state index < -0.39 is 0 Å². The Labute approximate surface area is 97.9 Å². The number of rotatable bonds is 2. The van der Waals surface area contributed by atoms with Crippen molar-refractivity contribution in [1.29, 1.82) is 5.26 Å². The molecule has 0 heterocycles. The molecule has 17 heavy (non-hydrogen) atoms. The third-order valence-electron chi connectivity index (χ3n) is 2.47. The van der Waals surface area contributed by atoms with Crippen LogP contribution in [0.5, 0.6) is 0 Å². The maximum atomic E-state index is 13.6. The lowest BCUT2D eigenvalue weighted by Crippen LogP contribution is -1.89. The van der Waals surface area contributed by atoms with Crippen molar-refractivity contribution in [1.82, 2.24) is 0 Å². The molecule has 2 rings (SSSR count). The van der Waals surface area contributed by atoms with Crippen molar-refractivity contribution in [3.8, 4) is 17.2 Å². The highest BCUT2D eigenvalue weighted by Crippen LogP contribution is 2.24. The smallest absolute Gasteiger partial charge is 0.131 e. The van der Waals surface area contributed by atoms with Crippen molar-refractivity contribution in [3.63, 3.8) is 0 Å². The molecule has 84 valence electrons. The Morgan fingerprint density at radius 1 is 1.00 bits per heavy atom. The van der Waals surface area contributed by atoms with Gasteiger partial charge < -0.3 is 0 Å². The van der Waals surface area contributed by atoms with Crippen LogP contribution in [-0.2, 0) is 6.42 Å². The highest BCUT2D eigenvalue weighted by Gasteiger charge is 2.06. The second-order valence-electron chi connectivity index (χ2n) is 3.66.